The highest BCUT2D eigenvalue weighted by atomic mass is 35.5. The van der Waals surface area contributed by atoms with Crippen LogP contribution in [0.2, 0.25) is 5.15 Å². The van der Waals surface area contributed by atoms with Crippen molar-refractivity contribution in [2.75, 3.05) is 6.16 Å². The number of fused-ring (bicyclic) bond motifs is 1. The third-order valence-electron chi connectivity index (χ3n) is 2.39. The number of halogens is 2. The van der Waals surface area contributed by atoms with Gasteiger partial charge in [0.2, 0.25) is 0 Å². The number of allylic oxidation sites excluding steroid dienone is 2. The molecule has 0 aliphatic heterocycles. The summed E-state index contributed by atoms with van der Waals surface area (Å²) in [6.45, 7) is 1.86. The van der Waals surface area contributed by atoms with Gasteiger partial charge in [0.05, 0.1) is 12.9 Å². The summed E-state index contributed by atoms with van der Waals surface area (Å²) >= 11 is 5.96. The van der Waals surface area contributed by atoms with E-state index in [1.54, 1.807) is 17.6 Å². The van der Waals surface area contributed by atoms with E-state index >= 15 is 0 Å². The number of hydrogen-bond donors (Lipinski definition) is 0. The Bertz CT molecular complexity index is 596. The van der Waals surface area contributed by atoms with Crippen molar-refractivity contribution in [2.45, 2.75) is 19.9 Å². The molecule has 0 saturated heterocycles. The first-order chi connectivity index (χ1) is 8.61. The van der Waals surface area contributed by atoms with Crippen LogP contribution in [0.3, 0.4) is 0 Å². The van der Waals surface area contributed by atoms with Crippen molar-refractivity contribution in [3.8, 4) is 0 Å². The number of imidazole rings is 1. The summed E-state index contributed by atoms with van der Waals surface area (Å²) in [6, 6.07) is 0. The summed E-state index contributed by atoms with van der Waals surface area (Å²) in [6.07, 6.45) is 4.62. The number of aromatic nitrogens is 4. The van der Waals surface area contributed by atoms with Crippen LogP contribution in [0.1, 0.15) is 12.2 Å². The molecule has 0 bridgehead atoms. The molecule has 96 valence electrons. The van der Waals surface area contributed by atoms with Gasteiger partial charge in [0.15, 0.2) is 10.8 Å². The zero-order valence-corrected chi connectivity index (χ0v) is 11.8. The predicted octanol–water partition coefficient (Wildman–Crippen LogP) is 2.91. The van der Waals surface area contributed by atoms with E-state index in [-0.39, 0.29) is 12.4 Å². The summed E-state index contributed by atoms with van der Waals surface area (Å²) in [5, 5.41) is 0.297. The quantitative estimate of drug-likeness (QED) is 0.641. The number of aryl methyl sites for hydroxylation is 1. The van der Waals surface area contributed by atoms with E-state index in [0.29, 0.717) is 28.6 Å². The molecule has 0 aliphatic carbocycles. The van der Waals surface area contributed by atoms with Gasteiger partial charge in [-0.3, -0.25) is 0 Å². The van der Waals surface area contributed by atoms with Gasteiger partial charge in [-0.2, -0.15) is 0 Å². The molecule has 0 radical (unpaired) electrons. The number of hydrogen-bond acceptors (Lipinski definition) is 3. The molecule has 0 fully saturated rings. The summed E-state index contributed by atoms with van der Waals surface area (Å²) < 4.78 is 15.2. The maximum absolute atomic E-state index is 13.6. The van der Waals surface area contributed by atoms with Crippen LogP contribution in [0, 0.1) is 6.92 Å². The largest absolute Gasteiger partial charge is 0.308 e. The summed E-state index contributed by atoms with van der Waals surface area (Å²) in [5.74, 6) is 0.340. The van der Waals surface area contributed by atoms with Gasteiger partial charge in [0.1, 0.15) is 17.2 Å². The monoisotopic (exact) mass is 286 g/mol. The lowest BCUT2D eigenvalue weighted by atomic mass is 10.4. The van der Waals surface area contributed by atoms with Crippen LogP contribution in [-0.4, -0.2) is 25.7 Å². The smallest absolute Gasteiger partial charge is 0.165 e. The lowest BCUT2D eigenvalue weighted by Crippen LogP contribution is -2.00. The molecule has 1 unspecified atom stereocenters. The van der Waals surface area contributed by atoms with Crippen LogP contribution < -0.4 is 0 Å². The van der Waals surface area contributed by atoms with Crippen LogP contribution in [0.5, 0.6) is 0 Å². The summed E-state index contributed by atoms with van der Waals surface area (Å²) in [5.41, 5.74) is 1.06. The molecule has 0 amide bonds. The molecular formula is C11H13ClFN4P. The minimum Gasteiger partial charge on any atom is -0.308 e. The average molecular weight is 287 g/mol. The highest BCUT2D eigenvalue weighted by molar-refractivity contribution is 7.16. The van der Waals surface area contributed by atoms with Crippen LogP contribution in [0.15, 0.2) is 18.2 Å². The predicted molar refractivity (Wildman–Crippen MR) is 73.5 cm³/mol. The highest BCUT2D eigenvalue weighted by Gasteiger charge is 2.10. The highest BCUT2D eigenvalue weighted by Crippen LogP contribution is 2.19. The molecule has 7 heteroatoms. The van der Waals surface area contributed by atoms with Crippen molar-refractivity contribution in [3.63, 3.8) is 0 Å². The second-order valence-electron chi connectivity index (χ2n) is 3.83. The molecular weight excluding hydrogens is 274 g/mol. The molecule has 4 nitrogen and oxygen atoms in total. The second-order valence-corrected chi connectivity index (χ2v) is 4.77. The fourth-order valence-electron chi connectivity index (χ4n) is 1.59. The first-order valence-electron chi connectivity index (χ1n) is 5.51. The van der Waals surface area contributed by atoms with E-state index in [4.69, 9.17) is 11.6 Å². The Balaban J connectivity index is 2.35. The lowest BCUT2D eigenvalue weighted by molar-refractivity contribution is 0.555. The van der Waals surface area contributed by atoms with E-state index in [1.165, 1.54) is 6.33 Å². The summed E-state index contributed by atoms with van der Waals surface area (Å²) in [7, 11) is 2.56. The van der Waals surface area contributed by atoms with Crippen LogP contribution >= 0.6 is 20.8 Å². The van der Waals surface area contributed by atoms with Gasteiger partial charge in [-0.05, 0) is 19.5 Å². The molecule has 0 spiro atoms. The fourth-order valence-corrected chi connectivity index (χ4v) is 2.02. The molecule has 2 heterocycles. The molecule has 2 rings (SSSR count). The topological polar surface area (TPSA) is 43.6 Å². The van der Waals surface area contributed by atoms with Crippen LogP contribution in [0.4, 0.5) is 4.39 Å². The standard InChI is InChI=1S/C11H13ClFN4P/c1-7-15-10(12)9-11(16-7)17(6-14-9)5-8(13)3-2-4-18/h3,6H,2,4-5,18H2,1H3/b8-3+. The van der Waals surface area contributed by atoms with E-state index in [0.717, 1.165) is 6.16 Å². The average Bonchev–Trinajstić information content (AvgIpc) is 2.70. The Morgan fingerprint density at radius 1 is 1.56 bits per heavy atom. The van der Waals surface area contributed by atoms with Crippen molar-refractivity contribution in [1.82, 2.24) is 19.5 Å². The molecule has 2 aromatic rings. The normalized spacial score (nSPS) is 12.3. The Hall–Kier alpha value is -1.06. The van der Waals surface area contributed by atoms with Crippen LogP contribution in [0.25, 0.3) is 11.2 Å². The molecule has 0 aliphatic rings. The van der Waals surface area contributed by atoms with Gasteiger partial charge in [0, 0.05) is 0 Å². The zero-order valence-electron chi connectivity index (χ0n) is 9.90. The third-order valence-corrected chi connectivity index (χ3v) is 2.98. The van der Waals surface area contributed by atoms with E-state index in [2.05, 4.69) is 24.2 Å². The van der Waals surface area contributed by atoms with E-state index in [9.17, 15) is 4.39 Å². The minimum atomic E-state index is -0.205. The Morgan fingerprint density at radius 3 is 3.06 bits per heavy atom. The maximum Gasteiger partial charge on any atom is 0.165 e. The van der Waals surface area contributed by atoms with Gasteiger partial charge < -0.3 is 4.57 Å². The SMILES string of the molecule is Cc1nc(Cl)c2ncn(C/C(F)=C\CCP)c2n1. The van der Waals surface area contributed by atoms with Crippen LogP contribution in [-0.2, 0) is 6.54 Å². The number of nitrogens with zero attached hydrogens (tertiary/aromatic N) is 4. The molecule has 0 N–H and O–H groups in total. The zero-order chi connectivity index (χ0) is 13.1. The van der Waals surface area contributed by atoms with Gasteiger partial charge in [-0.25, -0.2) is 19.3 Å². The van der Waals surface area contributed by atoms with Crippen molar-refractivity contribution < 1.29 is 4.39 Å². The Kier molecular flexibility index (Phi) is 4.25. The van der Waals surface area contributed by atoms with Crippen molar-refractivity contribution >= 4 is 32.0 Å². The fraction of sp³-hybridized carbons (Fsp3) is 0.364. The molecule has 1 atom stereocenters. The number of rotatable bonds is 4. The first kappa shape index (κ1) is 13.4. The second kappa shape index (κ2) is 5.72. The lowest BCUT2D eigenvalue weighted by Gasteiger charge is -2.02. The Labute approximate surface area is 111 Å². The molecule has 0 saturated carbocycles. The van der Waals surface area contributed by atoms with Gasteiger partial charge >= 0.3 is 0 Å². The van der Waals surface area contributed by atoms with Crippen molar-refractivity contribution in [2.24, 2.45) is 0 Å². The van der Waals surface area contributed by atoms with Crippen molar-refractivity contribution in [3.05, 3.63) is 29.2 Å². The summed E-state index contributed by atoms with van der Waals surface area (Å²) in [4.78, 5) is 12.3. The van der Waals surface area contributed by atoms with Gasteiger partial charge in [0.25, 0.3) is 0 Å². The minimum absolute atomic E-state index is 0.119. The first-order valence-corrected chi connectivity index (χ1v) is 6.71. The van der Waals surface area contributed by atoms with E-state index < -0.39 is 0 Å². The Morgan fingerprint density at radius 2 is 2.33 bits per heavy atom. The molecule has 0 aromatic carbocycles. The molecule has 18 heavy (non-hydrogen) atoms. The maximum atomic E-state index is 13.6. The van der Waals surface area contributed by atoms with Gasteiger partial charge in [-0.1, -0.05) is 17.7 Å². The molecule has 2 aromatic heterocycles. The van der Waals surface area contributed by atoms with Crippen molar-refractivity contribution in [1.29, 1.82) is 0 Å². The van der Waals surface area contributed by atoms with Gasteiger partial charge in [-0.15, -0.1) is 9.24 Å². The third kappa shape index (κ3) is 2.85. The van der Waals surface area contributed by atoms with E-state index in [1.807, 2.05) is 0 Å².